The number of carbonyl (C=O) groups is 1. The average Bonchev–Trinajstić information content (AvgIpc) is 1.80. The maximum absolute atomic E-state index is 10.1. The molecule has 0 saturated heterocycles. The van der Waals surface area contributed by atoms with Gasteiger partial charge in [0.1, 0.15) is 0 Å². The van der Waals surface area contributed by atoms with E-state index in [4.69, 9.17) is 5.73 Å². The minimum absolute atomic E-state index is 0.253. The van der Waals surface area contributed by atoms with E-state index in [1.165, 1.54) is 0 Å². The van der Waals surface area contributed by atoms with E-state index in [9.17, 15) is 4.79 Å². The first-order valence-corrected chi connectivity index (χ1v) is 3.94. The van der Waals surface area contributed by atoms with E-state index >= 15 is 0 Å². The summed E-state index contributed by atoms with van der Waals surface area (Å²) in [4.78, 5) is 10.1. The van der Waals surface area contributed by atoms with Crippen LogP contribution >= 0.6 is 15.9 Å². The van der Waals surface area contributed by atoms with Gasteiger partial charge in [0.25, 0.3) is 0 Å². The minimum atomic E-state index is -0.253. The lowest BCUT2D eigenvalue weighted by Crippen LogP contribution is -2.23. The van der Waals surface area contributed by atoms with Crippen molar-refractivity contribution >= 4 is 21.8 Å². The van der Waals surface area contributed by atoms with Crippen LogP contribution in [0.2, 0.25) is 0 Å². The van der Waals surface area contributed by atoms with Gasteiger partial charge < -0.3 is 11.1 Å². The number of rotatable bonds is 5. The fraction of sp³-hybridized carbons (Fsp3) is 0.800. The average molecular weight is 195 g/mol. The molecule has 4 heteroatoms. The molecule has 0 atom stereocenters. The topological polar surface area (TPSA) is 55.1 Å². The second-order valence-corrected chi connectivity index (χ2v) is 2.45. The highest BCUT2D eigenvalue weighted by molar-refractivity contribution is 9.09. The molecular formula is C5H11BrN2O. The SMILES string of the molecule is NC(=O)CCNCCBr. The fourth-order valence-electron chi connectivity index (χ4n) is 0.403. The van der Waals surface area contributed by atoms with Crippen molar-refractivity contribution in [1.82, 2.24) is 5.32 Å². The van der Waals surface area contributed by atoms with Crippen molar-refractivity contribution in [2.45, 2.75) is 6.42 Å². The molecule has 9 heavy (non-hydrogen) atoms. The molecule has 54 valence electrons. The molecule has 0 bridgehead atoms. The van der Waals surface area contributed by atoms with Gasteiger partial charge in [-0.25, -0.2) is 0 Å². The molecule has 0 aromatic carbocycles. The molecule has 0 aliphatic heterocycles. The highest BCUT2D eigenvalue weighted by Gasteiger charge is 1.90. The van der Waals surface area contributed by atoms with E-state index in [2.05, 4.69) is 21.2 Å². The zero-order chi connectivity index (χ0) is 7.11. The zero-order valence-corrected chi connectivity index (χ0v) is 6.78. The maximum atomic E-state index is 10.1. The Bertz CT molecular complexity index is 87.0. The maximum Gasteiger partial charge on any atom is 0.218 e. The molecule has 0 aromatic rings. The molecule has 1 amide bonds. The van der Waals surface area contributed by atoms with Crippen molar-refractivity contribution in [3.8, 4) is 0 Å². The quantitative estimate of drug-likeness (QED) is 0.473. The molecule has 3 N–H and O–H groups in total. The lowest BCUT2D eigenvalue weighted by molar-refractivity contribution is -0.117. The molecule has 0 radical (unpaired) electrons. The van der Waals surface area contributed by atoms with Crippen molar-refractivity contribution in [2.24, 2.45) is 5.73 Å². The third kappa shape index (κ3) is 7.91. The summed E-state index contributed by atoms with van der Waals surface area (Å²) < 4.78 is 0. The molecule has 0 saturated carbocycles. The van der Waals surface area contributed by atoms with Gasteiger partial charge in [0.05, 0.1) is 0 Å². The molecule has 0 aliphatic rings. The Morgan fingerprint density at radius 3 is 2.67 bits per heavy atom. The van der Waals surface area contributed by atoms with Gasteiger partial charge in [-0.05, 0) is 0 Å². The van der Waals surface area contributed by atoms with Gasteiger partial charge in [-0.2, -0.15) is 0 Å². The Morgan fingerprint density at radius 1 is 1.56 bits per heavy atom. The van der Waals surface area contributed by atoms with Gasteiger partial charge in [0, 0.05) is 24.8 Å². The lowest BCUT2D eigenvalue weighted by atomic mass is 10.4. The highest BCUT2D eigenvalue weighted by Crippen LogP contribution is 1.76. The summed E-state index contributed by atoms with van der Waals surface area (Å²) in [5, 5.41) is 3.93. The molecule has 0 fully saturated rings. The van der Waals surface area contributed by atoms with Crippen LogP contribution in [0.3, 0.4) is 0 Å². The van der Waals surface area contributed by atoms with Crippen LogP contribution in [-0.2, 0) is 4.79 Å². The molecule has 0 aliphatic carbocycles. The van der Waals surface area contributed by atoms with Crippen molar-refractivity contribution in [2.75, 3.05) is 18.4 Å². The van der Waals surface area contributed by atoms with Crippen LogP contribution in [0.15, 0.2) is 0 Å². The predicted molar refractivity (Wildman–Crippen MR) is 40.5 cm³/mol. The Hall–Kier alpha value is -0.0900. The van der Waals surface area contributed by atoms with Crippen molar-refractivity contribution in [3.63, 3.8) is 0 Å². The van der Waals surface area contributed by atoms with E-state index in [0.717, 1.165) is 11.9 Å². The Labute approximate surface area is 63.1 Å². The summed E-state index contributed by atoms with van der Waals surface area (Å²) in [5.41, 5.74) is 4.88. The molecule has 0 spiro atoms. The summed E-state index contributed by atoms with van der Waals surface area (Å²) in [7, 11) is 0. The van der Waals surface area contributed by atoms with Crippen LogP contribution in [0.5, 0.6) is 0 Å². The number of halogens is 1. The summed E-state index contributed by atoms with van der Waals surface area (Å²) in [6.45, 7) is 1.56. The summed E-state index contributed by atoms with van der Waals surface area (Å²) in [6.07, 6.45) is 0.424. The van der Waals surface area contributed by atoms with Gasteiger partial charge in [0.15, 0.2) is 0 Å². The second-order valence-electron chi connectivity index (χ2n) is 1.66. The summed E-state index contributed by atoms with van der Waals surface area (Å²) >= 11 is 3.24. The Balaban J connectivity index is 2.83. The highest BCUT2D eigenvalue weighted by atomic mass is 79.9. The second kappa shape index (κ2) is 6.04. The molecule has 3 nitrogen and oxygen atoms in total. The molecule has 0 rings (SSSR count). The van der Waals surface area contributed by atoms with Gasteiger partial charge in [-0.3, -0.25) is 4.79 Å². The Morgan fingerprint density at radius 2 is 2.22 bits per heavy atom. The van der Waals surface area contributed by atoms with Gasteiger partial charge in [0.2, 0.25) is 5.91 Å². The zero-order valence-electron chi connectivity index (χ0n) is 5.19. The number of alkyl halides is 1. The van der Waals surface area contributed by atoms with E-state index in [1.807, 2.05) is 0 Å². The van der Waals surface area contributed by atoms with E-state index in [1.54, 1.807) is 0 Å². The van der Waals surface area contributed by atoms with Crippen LogP contribution in [0.25, 0.3) is 0 Å². The summed E-state index contributed by atoms with van der Waals surface area (Å²) in [6, 6.07) is 0. The van der Waals surface area contributed by atoms with E-state index in [-0.39, 0.29) is 5.91 Å². The number of carbonyl (C=O) groups excluding carboxylic acids is 1. The van der Waals surface area contributed by atoms with Crippen LogP contribution < -0.4 is 11.1 Å². The van der Waals surface area contributed by atoms with Gasteiger partial charge in [-0.15, -0.1) is 0 Å². The Kier molecular flexibility index (Phi) is 5.98. The van der Waals surface area contributed by atoms with Gasteiger partial charge in [-0.1, -0.05) is 15.9 Å². The summed E-state index contributed by atoms with van der Waals surface area (Å²) in [5.74, 6) is -0.253. The van der Waals surface area contributed by atoms with Crippen molar-refractivity contribution in [1.29, 1.82) is 0 Å². The monoisotopic (exact) mass is 194 g/mol. The number of primary amides is 1. The van der Waals surface area contributed by atoms with Crippen LogP contribution in [-0.4, -0.2) is 24.3 Å². The predicted octanol–water partition coefficient (Wildman–Crippen LogP) is -0.154. The van der Waals surface area contributed by atoms with Gasteiger partial charge >= 0.3 is 0 Å². The van der Waals surface area contributed by atoms with Crippen LogP contribution in [0.4, 0.5) is 0 Å². The number of hydrogen-bond acceptors (Lipinski definition) is 2. The first-order chi connectivity index (χ1) is 4.27. The third-order valence-corrected chi connectivity index (χ3v) is 1.22. The first kappa shape index (κ1) is 8.91. The molecule has 0 heterocycles. The van der Waals surface area contributed by atoms with Crippen molar-refractivity contribution < 1.29 is 4.79 Å². The normalized spacial score (nSPS) is 9.44. The molecule has 0 aromatic heterocycles. The van der Waals surface area contributed by atoms with Crippen molar-refractivity contribution in [3.05, 3.63) is 0 Å². The van der Waals surface area contributed by atoms with Crippen LogP contribution in [0.1, 0.15) is 6.42 Å². The first-order valence-electron chi connectivity index (χ1n) is 2.82. The van der Waals surface area contributed by atoms with E-state index < -0.39 is 0 Å². The smallest absolute Gasteiger partial charge is 0.218 e. The van der Waals surface area contributed by atoms with Crippen LogP contribution in [0, 0.1) is 0 Å². The number of nitrogens with one attached hydrogen (secondary N) is 1. The molecule has 0 unspecified atom stereocenters. The number of amides is 1. The minimum Gasteiger partial charge on any atom is -0.370 e. The number of nitrogens with two attached hydrogens (primary N) is 1. The largest absolute Gasteiger partial charge is 0.370 e. The molecular weight excluding hydrogens is 184 g/mol. The number of hydrogen-bond donors (Lipinski definition) is 2. The lowest BCUT2D eigenvalue weighted by Gasteiger charge is -1.97. The standard InChI is InChI=1S/C5H11BrN2O/c6-2-4-8-3-1-5(7)9/h8H,1-4H2,(H2,7,9). The fourth-order valence-corrected chi connectivity index (χ4v) is 0.684. The van der Waals surface area contributed by atoms with E-state index in [0.29, 0.717) is 13.0 Å². The third-order valence-electron chi connectivity index (χ3n) is 0.819.